The lowest BCUT2D eigenvalue weighted by molar-refractivity contribution is 0.323. The third-order valence-electron chi connectivity index (χ3n) is 4.22. The molecule has 22 heavy (non-hydrogen) atoms. The molecule has 1 fully saturated rings. The van der Waals surface area contributed by atoms with E-state index in [0.717, 1.165) is 37.9 Å². The fourth-order valence-corrected chi connectivity index (χ4v) is 3.69. The molecule has 0 heterocycles. The lowest BCUT2D eigenvalue weighted by Crippen LogP contribution is -2.41. The summed E-state index contributed by atoms with van der Waals surface area (Å²) in [5.74, 6) is 0.264. The van der Waals surface area contributed by atoms with Gasteiger partial charge in [0.05, 0.1) is 5.25 Å². The van der Waals surface area contributed by atoms with Gasteiger partial charge in [-0.05, 0) is 63.6 Å². The lowest BCUT2D eigenvalue weighted by Gasteiger charge is -2.29. The van der Waals surface area contributed by atoms with Crippen molar-refractivity contribution >= 4 is 15.7 Å². The molecule has 1 aromatic carbocycles. The number of rotatable bonds is 6. The van der Waals surface area contributed by atoms with Gasteiger partial charge in [0.25, 0.3) is 0 Å². The number of nitrogens with one attached hydrogen (secondary N) is 2. The zero-order valence-corrected chi connectivity index (χ0v) is 14.0. The standard InChI is InChI=1S/C16H25FN2O2S/c1-12(2)22(20,21)19-15-8-6-13(7-9-15)11-18-16-5-3-4-14(17)10-16/h3-5,10,12-13,15,18-19H,6-9,11H2,1-2H3/t13-,15-. The molecule has 1 aromatic rings. The predicted octanol–water partition coefficient (Wildman–Crippen LogP) is 3.12. The smallest absolute Gasteiger partial charge is 0.214 e. The van der Waals surface area contributed by atoms with Crippen molar-refractivity contribution in [2.75, 3.05) is 11.9 Å². The number of hydrogen-bond donors (Lipinski definition) is 2. The van der Waals surface area contributed by atoms with Crippen molar-refractivity contribution in [3.8, 4) is 0 Å². The molecular formula is C16H25FN2O2S. The van der Waals surface area contributed by atoms with Gasteiger partial charge < -0.3 is 5.32 Å². The van der Waals surface area contributed by atoms with Crippen LogP contribution >= 0.6 is 0 Å². The second-order valence-corrected chi connectivity index (χ2v) is 8.59. The second-order valence-electron chi connectivity index (χ2n) is 6.32. The summed E-state index contributed by atoms with van der Waals surface area (Å²) in [6, 6.07) is 6.51. The average molecular weight is 328 g/mol. The molecule has 0 bridgehead atoms. The maximum atomic E-state index is 13.1. The SMILES string of the molecule is CC(C)S(=O)(=O)N[C@H]1CC[C@H](CNc2cccc(F)c2)CC1. The van der Waals surface area contributed by atoms with Gasteiger partial charge in [0.2, 0.25) is 10.0 Å². The lowest BCUT2D eigenvalue weighted by atomic mass is 9.86. The van der Waals surface area contributed by atoms with Gasteiger partial charge in [0.1, 0.15) is 5.82 Å². The molecule has 1 aliphatic carbocycles. The van der Waals surface area contributed by atoms with Crippen LogP contribution in [0.1, 0.15) is 39.5 Å². The van der Waals surface area contributed by atoms with E-state index in [0.29, 0.717) is 5.92 Å². The molecule has 124 valence electrons. The molecule has 0 saturated heterocycles. The monoisotopic (exact) mass is 328 g/mol. The fourth-order valence-electron chi connectivity index (χ4n) is 2.71. The normalized spacial score (nSPS) is 22.7. The maximum absolute atomic E-state index is 13.1. The van der Waals surface area contributed by atoms with E-state index >= 15 is 0 Å². The van der Waals surface area contributed by atoms with E-state index in [1.807, 2.05) is 6.07 Å². The topological polar surface area (TPSA) is 58.2 Å². The van der Waals surface area contributed by atoms with E-state index < -0.39 is 10.0 Å². The first-order valence-electron chi connectivity index (χ1n) is 7.87. The maximum Gasteiger partial charge on any atom is 0.214 e. The minimum Gasteiger partial charge on any atom is -0.385 e. The zero-order chi connectivity index (χ0) is 16.2. The first-order chi connectivity index (χ1) is 10.4. The van der Waals surface area contributed by atoms with E-state index in [9.17, 15) is 12.8 Å². The van der Waals surface area contributed by atoms with Gasteiger partial charge in [-0.25, -0.2) is 17.5 Å². The highest BCUT2D eigenvalue weighted by Gasteiger charge is 2.26. The number of halogens is 1. The summed E-state index contributed by atoms with van der Waals surface area (Å²) in [6.07, 6.45) is 3.68. The van der Waals surface area contributed by atoms with Gasteiger partial charge in [-0.3, -0.25) is 0 Å². The molecule has 0 radical (unpaired) electrons. The second kappa shape index (κ2) is 7.42. The zero-order valence-electron chi connectivity index (χ0n) is 13.2. The Labute approximate surface area is 132 Å². The van der Waals surface area contributed by atoms with Crippen molar-refractivity contribution in [1.82, 2.24) is 4.72 Å². The van der Waals surface area contributed by atoms with Crippen molar-refractivity contribution in [3.63, 3.8) is 0 Å². The van der Waals surface area contributed by atoms with Crippen LogP contribution in [0.2, 0.25) is 0 Å². The van der Waals surface area contributed by atoms with E-state index in [-0.39, 0.29) is 17.1 Å². The summed E-state index contributed by atoms with van der Waals surface area (Å²) in [5, 5.41) is 2.87. The van der Waals surface area contributed by atoms with Crippen molar-refractivity contribution in [1.29, 1.82) is 0 Å². The van der Waals surface area contributed by atoms with E-state index in [1.165, 1.54) is 12.1 Å². The van der Waals surface area contributed by atoms with Crippen LogP contribution in [0.4, 0.5) is 10.1 Å². The van der Waals surface area contributed by atoms with Crippen molar-refractivity contribution < 1.29 is 12.8 Å². The molecule has 2 rings (SSSR count). The predicted molar refractivity (Wildman–Crippen MR) is 87.8 cm³/mol. The molecule has 0 atom stereocenters. The summed E-state index contributed by atoms with van der Waals surface area (Å²) in [6.45, 7) is 4.18. The fraction of sp³-hybridized carbons (Fsp3) is 0.625. The third-order valence-corrected chi connectivity index (χ3v) is 6.12. The highest BCUT2D eigenvalue weighted by molar-refractivity contribution is 7.90. The van der Waals surface area contributed by atoms with Crippen LogP contribution < -0.4 is 10.0 Å². The van der Waals surface area contributed by atoms with Gasteiger partial charge in [-0.1, -0.05) is 6.07 Å². The molecule has 1 saturated carbocycles. The minimum atomic E-state index is -3.18. The van der Waals surface area contributed by atoms with Crippen LogP contribution in [-0.2, 0) is 10.0 Å². The highest BCUT2D eigenvalue weighted by Crippen LogP contribution is 2.25. The summed E-state index contributed by atoms with van der Waals surface area (Å²) >= 11 is 0. The summed E-state index contributed by atoms with van der Waals surface area (Å²) in [5.41, 5.74) is 0.794. The Hall–Kier alpha value is -1.14. The molecule has 0 spiro atoms. The Morgan fingerprint density at radius 2 is 1.91 bits per heavy atom. The van der Waals surface area contributed by atoms with Crippen LogP contribution in [0.5, 0.6) is 0 Å². The summed E-state index contributed by atoms with van der Waals surface area (Å²) in [7, 11) is -3.18. The molecule has 6 heteroatoms. The largest absolute Gasteiger partial charge is 0.385 e. The van der Waals surface area contributed by atoms with Gasteiger partial charge in [0, 0.05) is 18.3 Å². The first-order valence-corrected chi connectivity index (χ1v) is 9.42. The Kier molecular flexibility index (Phi) is 5.81. The van der Waals surface area contributed by atoms with E-state index in [1.54, 1.807) is 19.9 Å². The van der Waals surface area contributed by atoms with Gasteiger partial charge in [-0.15, -0.1) is 0 Å². The Morgan fingerprint density at radius 1 is 1.23 bits per heavy atom. The first kappa shape index (κ1) is 17.2. The van der Waals surface area contributed by atoms with E-state index in [2.05, 4.69) is 10.0 Å². The molecule has 0 unspecified atom stereocenters. The summed E-state index contributed by atoms with van der Waals surface area (Å²) in [4.78, 5) is 0. The van der Waals surface area contributed by atoms with Crippen molar-refractivity contribution in [2.24, 2.45) is 5.92 Å². The number of anilines is 1. The van der Waals surface area contributed by atoms with Crippen LogP contribution in [0.3, 0.4) is 0 Å². The molecule has 0 aromatic heterocycles. The number of hydrogen-bond acceptors (Lipinski definition) is 3. The molecule has 0 amide bonds. The van der Waals surface area contributed by atoms with Crippen LogP contribution in [0.15, 0.2) is 24.3 Å². The molecular weight excluding hydrogens is 303 g/mol. The Morgan fingerprint density at radius 3 is 2.50 bits per heavy atom. The molecule has 2 N–H and O–H groups in total. The van der Waals surface area contributed by atoms with Crippen LogP contribution in [0.25, 0.3) is 0 Å². The quantitative estimate of drug-likeness (QED) is 0.843. The molecule has 4 nitrogen and oxygen atoms in total. The third kappa shape index (κ3) is 4.95. The van der Waals surface area contributed by atoms with Gasteiger partial charge in [-0.2, -0.15) is 0 Å². The van der Waals surface area contributed by atoms with E-state index in [4.69, 9.17) is 0 Å². The minimum absolute atomic E-state index is 0.0535. The Bertz CT molecular complexity index is 582. The molecule has 0 aliphatic heterocycles. The van der Waals surface area contributed by atoms with Crippen molar-refractivity contribution in [2.45, 2.75) is 50.8 Å². The molecule has 1 aliphatic rings. The number of sulfonamides is 1. The van der Waals surface area contributed by atoms with Gasteiger partial charge >= 0.3 is 0 Å². The summed E-state index contributed by atoms with van der Waals surface area (Å²) < 4.78 is 39.6. The van der Waals surface area contributed by atoms with Crippen molar-refractivity contribution in [3.05, 3.63) is 30.1 Å². The number of benzene rings is 1. The highest BCUT2D eigenvalue weighted by atomic mass is 32.2. The van der Waals surface area contributed by atoms with Gasteiger partial charge in [0.15, 0.2) is 0 Å². The Balaban J connectivity index is 1.76. The average Bonchev–Trinajstić information content (AvgIpc) is 2.46. The van der Waals surface area contributed by atoms with Crippen LogP contribution in [0, 0.1) is 11.7 Å². The van der Waals surface area contributed by atoms with Crippen LogP contribution in [-0.4, -0.2) is 26.3 Å².